The summed E-state index contributed by atoms with van der Waals surface area (Å²) in [6.45, 7) is 3.19. The number of primary amides is 1. The normalized spacial score (nSPS) is 23.7. The average Bonchev–Trinajstić information content (AvgIpc) is 1.77. The quantitative estimate of drug-likeness (QED) is 0.0375. The minimum atomic E-state index is -1.93. The highest BCUT2D eigenvalue weighted by molar-refractivity contribution is 8.00. The van der Waals surface area contributed by atoms with E-state index in [-0.39, 0.29) is 102 Å². The molecule has 36 nitrogen and oxygen atoms in total. The number of phenols is 1. The summed E-state index contributed by atoms with van der Waals surface area (Å²) in [4.78, 5) is 245. The molecule has 706 valence electrons. The van der Waals surface area contributed by atoms with Crippen LogP contribution in [-0.4, -0.2) is 283 Å². The van der Waals surface area contributed by atoms with Crippen molar-refractivity contribution >= 4 is 117 Å². The number of aromatic amines is 1. The van der Waals surface area contributed by atoms with Crippen molar-refractivity contribution in [1.29, 1.82) is 0 Å². The highest BCUT2D eigenvalue weighted by atomic mass is 32.2. The van der Waals surface area contributed by atoms with Crippen molar-refractivity contribution in [3.63, 3.8) is 0 Å². The molecule has 1 aromatic heterocycles. The first kappa shape index (κ1) is 102. The molecule has 0 bridgehead atoms. The largest absolute Gasteiger partial charge is 0.508 e. The second kappa shape index (κ2) is 48.6. The number of carboxylic acid groups (broad SMARTS) is 1. The Kier molecular flexibility index (Phi) is 37.8. The standard InChI is InChI=1S/C91H116F3N17O19S/c1-7-8-27-71-90(129)111-37-19-29-70(111)85(124)104-66(46-76(116)117)83(122)106-78(51(2)3)91(130)108(5)72(43-52-20-11-9-12-21-52)86(125)101-63(26-17-35-95)88(127)110-36-18-28-69(110)84(123)103-65(45-56-47-97-61-25-16-15-24-58(56)61)82(121)102-64(41-54-30-32-57(113)33-31-54)81(120)100-62(34-38-112)80(119)105-68(79(118)98-48-74(96)114)49-131-50-75(115)99-67(42-55-39-59(92)77(94)60(93)40-55)87(126)109(6)73(89(128)107(71)4)44-53-22-13-10-14-23-53/h9-16,20-25,30-33,39-40,47,51,62-73,78,97,112-113H,7-8,17-19,26-29,34-38,41-46,48-50,95H2,1-6H3,(H2,96,114)(H,98,118)(H,99,115)(H,100,120)(H,101,125)(H,102,121)(H,103,123)(H,104,124)(H,105,119)(H,106,122)(H,116,117)/t62-,63+,64+,65+,66+,67-,68+,69-,70-,71+,72-,73+,78+/m1/s1. The number of benzene rings is 5. The smallest absolute Gasteiger partial charge is 0.305 e. The van der Waals surface area contributed by atoms with Crippen molar-refractivity contribution in [1.82, 2.24) is 77.3 Å². The zero-order chi connectivity index (χ0) is 95.4. The molecule has 3 saturated heterocycles. The molecule has 0 unspecified atom stereocenters. The number of unbranched alkanes of at least 4 members (excludes halogenated alkanes) is 1. The number of nitrogens with one attached hydrogen (secondary N) is 10. The van der Waals surface area contributed by atoms with Gasteiger partial charge >= 0.3 is 5.97 Å². The summed E-state index contributed by atoms with van der Waals surface area (Å²) in [5.74, 6) is -23.8. The highest BCUT2D eigenvalue weighted by Gasteiger charge is 2.46. The Balaban J connectivity index is 1.12. The number of rotatable bonds is 24. The number of nitrogens with zero attached hydrogens (tertiary/aromatic N) is 5. The van der Waals surface area contributed by atoms with Crippen molar-refractivity contribution in [3.05, 3.63) is 173 Å². The first-order chi connectivity index (χ1) is 62.5. The summed E-state index contributed by atoms with van der Waals surface area (Å²) in [6.07, 6.45) is -0.830. The van der Waals surface area contributed by atoms with Gasteiger partial charge in [-0.1, -0.05) is 125 Å². The van der Waals surface area contributed by atoms with Gasteiger partial charge < -0.3 is 104 Å². The van der Waals surface area contributed by atoms with Crippen LogP contribution in [0.4, 0.5) is 13.2 Å². The number of aliphatic hydroxyl groups excluding tert-OH is 1. The third-order valence-electron chi connectivity index (χ3n) is 23.4. The summed E-state index contributed by atoms with van der Waals surface area (Å²) in [5.41, 5.74) is 13.5. The molecule has 9 rings (SSSR count). The first-order valence-electron chi connectivity index (χ1n) is 43.5. The second-order valence-corrected chi connectivity index (χ2v) is 34.3. The topological polar surface area (TPSA) is 526 Å². The lowest BCUT2D eigenvalue weighted by Gasteiger charge is -2.38. The number of carboxylic acids is 1. The number of aliphatic hydroxyl groups is 1. The average molecular weight is 1840 g/mol. The summed E-state index contributed by atoms with van der Waals surface area (Å²) in [5, 5.41) is 55.1. The predicted molar refractivity (Wildman–Crippen MR) is 475 cm³/mol. The van der Waals surface area contributed by atoms with E-state index in [9.17, 15) is 53.3 Å². The van der Waals surface area contributed by atoms with Gasteiger partial charge in [0.2, 0.25) is 88.6 Å². The summed E-state index contributed by atoms with van der Waals surface area (Å²) in [7, 11) is 3.76. The number of aromatic hydroxyl groups is 1. The number of carbonyl (C=O) groups excluding carboxylic acids is 15. The van der Waals surface area contributed by atoms with Gasteiger partial charge in [0, 0.05) is 95.8 Å². The molecule has 0 spiro atoms. The maximum Gasteiger partial charge on any atom is 0.305 e. The van der Waals surface area contributed by atoms with Gasteiger partial charge in [0.05, 0.1) is 18.7 Å². The molecule has 131 heavy (non-hydrogen) atoms. The Morgan fingerprint density at radius 3 is 1.63 bits per heavy atom. The summed E-state index contributed by atoms with van der Waals surface area (Å²) < 4.78 is 45.0. The van der Waals surface area contributed by atoms with Crippen LogP contribution in [0.25, 0.3) is 10.9 Å². The van der Waals surface area contributed by atoms with Crippen molar-refractivity contribution in [2.75, 3.05) is 65.4 Å². The molecular formula is C91H116F3N17O19S. The number of thioether (sulfide) groups is 1. The van der Waals surface area contributed by atoms with Crippen LogP contribution < -0.4 is 59.3 Å². The molecule has 15 amide bonds. The van der Waals surface area contributed by atoms with Crippen molar-refractivity contribution in [2.24, 2.45) is 17.4 Å². The monoisotopic (exact) mass is 1840 g/mol. The molecule has 0 aliphatic carbocycles. The molecule has 13 atom stereocenters. The number of fused-ring (bicyclic) bond motifs is 3. The molecule has 3 fully saturated rings. The zero-order valence-electron chi connectivity index (χ0n) is 73.8. The molecule has 40 heteroatoms. The minimum absolute atomic E-state index is 0.0148. The fraction of sp³-hybridized carbons (Fsp3) is 0.473. The number of nitrogens with two attached hydrogens (primary N) is 2. The second-order valence-electron chi connectivity index (χ2n) is 33.3. The van der Waals surface area contributed by atoms with Crippen molar-refractivity contribution in [2.45, 2.75) is 202 Å². The number of halogens is 3. The van der Waals surface area contributed by atoms with Gasteiger partial charge in [-0.25, -0.2) is 13.2 Å². The SMILES string of the molecule is CCCC[C@H]1C(=O)N2CCC[C@@H]2C(=O)N[C@@H](CC(=O)O)C(=O)N[C@@H](C(C)C)C(=O)N(C)[C@H](Cc2ccccc2)C(=O)N[C@@H](CCCN)C(=O)N2CCC[C@@H]2C(=O)N[C@@H](Cc2c[nH]c3ccccc23)C(=O)N[C@@H](Cc2ccc(O)cc2)C(=O)N[C@H](CCO)C(=O)N[C@H](C(=O)NCC(N)=O)CSCC(=O)N[C@H](Cc2cc(F)c(F)c(F)c2)C(=O)N(C)[C@@H](Cc2ccccc2)C(=O)N1C. The van der Waals surface area contributed by atoms with E-state index in [2.05, 4.69) is 52.8 Å². The van der Waals surface area contributed by atoms with Crippen LogP contribution >= 0.6 is 11.8 Å². The fourth-order valence-electron chi connectivity index (χ4n) is 16.2. The van der Waals surface area contributed by atoms with E-state index in [4.69, 9.17) is 11.5 Å². The van der Waals surface area contributed by atoms with E-state index in [1.807, 2.05) is 0 Å². The third kappa shape index (κ3) is 28.0. The molecular weight excluding hydrogens is 1720 g/mol. The van der Waals surface area contributed by atoms with Gasteiger partial charge in [0.15, 0.2) is 17.5 Å². The molecule has 0 saturated carbocycles. The van der Waals surface area contributed by atoms with Crippen LogP contribution in [-0.2, 0) is 109 Å². The number of hydrogen-bond acceptors (Lipinski definition) is 20. The van der Waals surface area contributed by atoms with E-state index >= 15 is 51.9 Å². The molecule has 17 N–H and O–H groups in total. The van der Waals surface area contributed by atoms with Gasteiger partial charge in [-0.05, 0) is 122 Å². The van der Waals surface area contributed by atoms with E-state index < -0.39 is 240 Å². The van der Waals surface area contributed by atoms with Crippen LogP contribution in [0.2, 0.25) is 0 Å². The Morgan fingerprint density at radius 2 is 1.05 bits per heavy atom. The number of aliphatic carboxylic acids is 1. The zero-order valence-corrected chi connectivity index (χ0v) is 74.6. The minimum Gasteiger partial charge on any atom is -0.508 e. The maximum absolute atomic E-state index is 15.7. The lowest BCUT2D eigenvalue weighted by Crippen LogP contribution is -2.62. The third-order valence-corrected chi connectivity index (χ3v) is 24.5. The van der Waals surface area contributed by atoms with Crippen molar-refractivity contribution < 1.29 is 105 Å². The van der Waals surface area contributed by atoms with Crippen LogP contribution in [0.1, 0.15) is 119 Å². The van der Waals surface area contributed by atoms with E-state index in [1.165, 1.54) is 55.2 Å². The summed E-state index contributed by atoms with van der Waals surface area (Å²) >= 11 is 0.633. The van der Waals surface area contributed by atoms with Crippen LogP contribution in [0.3, 0.4) is 0 Å². The number of carbonyl (C=O) groups is 16. The number of likely N-dealkylation sites (N-methyl/N-ethyl adjacent to an activating group) is 3. The number of para-hydroxylation sites is 1. The molecule has 5 aromatic carbocycles. The van der Waals surface area contributed by atoms with Crippen molar-refractivity contribution in [3.8, 4) is 5.75 Å². The highest BCUT2D eigenvalue weighted by Crippen LogP contribution is 2.29. The van der Waals surface area contributed by atoms with Gasteiger partial charge in [-0.3, -0.25) is 76.7 Å². The molecule has 4 heterocycles. The number of phenolic OH excluding ortho intramolecular Hbond substituents is 1. The van der Waals surface area contributed by atoms with Crippen LogP contribution in [0.15, 0.2) is 128 Å². The van der Waals surface area contributed by atoms with E-state index in [0.29, 0.717) is 69.9 Å². The van der Waals surface area contributed by atoms with Gasteiger partial charge in [0.1, 0.15) is 84.3 Å². The number of hydrogen-bond donors (Lipinski definition) is 15. The number of amides is 15. The van der Waals surface area contributed by atoms with Gasteiger partial charge in [0.25, 0.3) is 0 Å². The summed E-state index contributed by atoms with van der Waals surface area (Å²) in [6, 6.07) is 9.37. The molecule has 6 aromatic rings. The first-order valence-corrected chi connectivity index (χ1v) is 44.7. The fourth-order valence-corrected chi connectivity index (χ4v) is 17.1. The Labute approximate surface area is 759 Å². The van der Waals surface area contributed by atoms with Gasteiger partial charge in [-0.2, -0.15) is 0 Å². The number of aromatic nitrogens is 1. The van der Waals surface area contributed by atoms with Crippen LogP contribution in [0, 0.1) is 23.4 Å². The van der Waals surface area contributed by atoms with E-state index in [0.717, 1.165) is 14.7 Å². The lowest BCUT2D eigenvalue weighted by atomic mass is 9.98. The predicted octanol–water partition coefficient (Wildman–Crippen LogP) is 0.936. The van der Waals surface area contributed by atoms with E-state index in [1.54, 1.807) is 112 Å². The molecule has 3 aliphatic heterocycles. The Morgan fingerprint density at radius 1 is 0.527 bits per heavy atom. The maximum atomic E-state index is 15.7. The number of H-pyrrole nitrogens is 1. The van der Waals surface area contributed by atoms with Crippen LogP contribution in [0.5, 0.6) is 5.75 Å². The Hall–Kier alpha value is -13.0. The van der Waals surface area contributed by atoms with Gasteiger partial charge in [-0.15, -0.1) is 11.8 Å². The lowest BCUT2D eigenvalue weighted by molar-refractivity contribution is -0.152. The molecule has 0 radical (unpaired) electrons. The Bertz CT molecular complexity index is 5060. The molecule has 3 aliphatic rings.